The second-order valence-corrected chi connectivity index (χ2v) is 4.94. The van der Waals surface area contributed by atoms with Crippen molar-refractivity contribution in [3.63, 3.8) is 0 Å². The van der Waals surface area contributed by atoms with Crippen molar-refractivity contribution < 1.29 is 9.84 Å². The Labute approximate surface area is 116 Å². The van der Waals surface area contributed by atoms with E-state index in [1.165, 1.54) is 0 Å². The number of aliphatic hydroxyl groups is 1. The van der Waals surface area contributed by atoms with Gasteiger partial charge in [0.15, 0.2) is 0 Å². The molecule has 1 rings (SSSR count). The molecule has 0 aromatic heterocycles. The summed E-state index contributed by atoms with van der Waals surface area (Å²) in [5.41, 5.74) is 7.12. The Morgan fingerprint density at radius 1 is 1.37 bits per heavy atom. The standard InChI is InChI=1S/C15H26N2O2/c1-12(2)17(8-5-9-18)15(11-16)13-6-4-7-14(10-13)19-3/h4,6-7,10,12,15,18H,5,8-9,11,16H2,1-3H3. The highest BCUT2D eigenvalue weighted by Gasteiger charge is 2.21. The Hall–Kier alpha value is -1.10. The molecular weight excluding hydrogens is 240 g/mol. The van der Waals surface area contributed by atoms with Crippen molar-refractivity contribution in [3.05, 3.63) is 29.8 Å². The monoisotopic (exact) mass is 266 g/mol. The summed E-state index contributed by atoms with van der Waals surface area (Å²) in [6.45, 7) is 5.91. The van der Waals surface area contributed by atoms with E-state index < -0.39 is 0 Å². The van der Waals surface area contributed by atoms with Crippen molar-refractivity contribution in [3.8, 4) is 5.75 Å². The highest BCUT2D eigenvalue weighted by Crippen LogP contribution is 2.25. The Kier molecular flexibility index (Phi) is 6.84. The molecule has 0 fully saturated rings. The van der Waals surface area contributed by atoms with E-state index in [1.54, 1.807) is 7.11 Å². The molecule has 1 aromatic rings. The Bertz CT molecular complexity index is 369. The van der Waals surface area contributed by atoms with Gasteiger partial charge in [-0.2, -0.15) is 0 Å². The van der Waals surface area contributed by atoms with E-state index in [-0.39, 0.29) is 12.6 Å². The zero-order valence-electron chi connectivity index (χ0n) is 12.2. The molecular formula is C15H26N2O2. The molecule has 0 radical (unpaired) electrons. The maximum atomic E-state index is 9.03. The van der Waals surface area contributed by atoms with Gasteiger partial charge in [-0.05, 0) is 38.0 Å². The molecule has 0 saturated carbocycles. The van der Waals surface area contributed by atoms with Crippen molar-refractivity contribution >= 4 is 0 Å². The van der Waals surface area contributed by atoms with Crippen LogP contribution >= 0.6 is 0 Å². The van der Waals surface area contributed by atoms with E-state index in [2.05, 4.69) is 24.8 Å². The van der Waals surface area contributed by atoms with Crippen LogP contribution in [0.15, 0.2) is 24.3 Å². The smallest absolute Gasteiger partial charge is 0.119 e. The van der Waals surface area contributed by atoms with Crippen LogP contribution in [0.4, 0.5) is 0 Å². The van der Waals surface area contributed by atoms with Gasteiger partial charge in [-0.25, -0.2) is 0 Å². The SMILES string of the molecule is COc1cccc(C(CN)N(CCCO)C(C)C)c1. The first-order valence-electron chi connectivity index (χ1n) is 6.84. The fourth-order valence-electron chi connectivity index (χ4n) is 2.34. The molecule has 0 amide bonds. The first kappa shape index (κ1) is 16.0. The van der Waals surface area contributed by atoms with E-state index in [0.29, 0.717) is 12.6 Å². The lowest BCUT2D eigenvalue weighted by Crippen LogP contribution is -2.39. The van der Waals surface area contributed by atoms with Crippen LogP contribution in [0.25, 0.3) is 0 Å². The molecule has 0 aliphatic heterocycles. The molecule has 1 unspecified atom stereocenters. The van der Waals surface area contributed by atoms with Gasteiger partial charge < -0.3 is 15.6 Å². The minimum atomic E-state index is 0.154. The maximum Gasteiger partial charge on any atom is 0.119 e. The van der Waals surface area contributed by atoms with Gasteiger partial charge in [0, 0.05) is 31.8 Å². The lowest BCUT2D eigenvalue weighted by Gasteiger charge is -2.34. The van der Waals surface area contributed by atoms with E-state index in [4.69, 9.17) is 15.6 Å². The summed E-state index contributed by atoms with van der Waals surface area (Å²) in [4.78, 5) is 2.32. The Morgan fingerprint density at radius 2 is 2.11 bits per heavy atom. The number of benzene rings is 1. The summed E-state index contributed by atoms with van der Waals surface area (Å²) >= 11 is 0. The zero-order chi connectivity index (χ0) is 14.3. The quantitative estimate of drug-likeness (QED) is 0.753. The minimum Gasteiger partial charge on any atom is -0.497 e. The summed E-state index contributed by atoms with van der Waals surface area (Å²) in [7, 11) is 1.67. The lowest BCUT2D eigenvalue weighted by molar-refractivity contribution is 0.141. The van der Waals surface area contributed by atoms with Gasteiger partial charge in [0.2, 0.25) is 0 Å². The third kappa shape index (κ3) is 4.49. The predicted octanol–water partition coefficient (Wildman–Crippen LogP) is 1.79. The first-order valence-corrected chi connectivity index (χ1v) is 6.84. The van der Waals surface area contributed by atoms with E-state index in [0.717, 1.165) is 24.3 Å². The molecule has 3 N–H and O–H groups in total. The van der Waals surface area contributed by atoms with Gasteiger partial charge in [-0.15, -0.1) is 0 Å². The fraction of sp³-hybridized carbons (Fsp3) is 0.600. The van der Waals surface area contributed by atoms with Gasteiger partial charge in [0.25, 0.3) is 0 Å². The average Bonchev–Trinajstić information content (AvgIpc) is 2.43. The van der Waals surface area contributed by atoms with Crippen LogP contribution in [-0.2, 0) is 0 Å². The van der Waals surface area contributed by atoms with E-state index in [1.807, 2.05) is 18.2 Å². The molecule has 1 aromatic carbocycles. The molecule has 0 saturated heterocycles. The summed E-state index contributed by atoms with van der Waals surface area (Å²) in [6.07, 6.45) is 0.763. The van der Waals surface area contributed by atoms with Crippen molar-refractivity contribution in [2.24, 2.45) is 5.73 Å². The normalized spacial score (nSPS) is 13.0. The van der Waals surface area contributed by atoms with Gasteiger partial charge in [0.1, 0.15) is 5.75 Å². The van der Waals surface area contributed by atoms with Gasteiger partial charge in [0.05, 0.1) is 7.11 Å². The van der Waals surface area contributed by atoms with Crippen molar-refractivity contribution in [2.45, 2.75) is 32.4 Å². The number of aliphatic hydroxyl groups excluding tert-OH is 1. The second-order valence-electron chi connectivity index (χ2n) is 4.94. The van der Waals surface area contributed by atoms with Crippen LogP contribution in [0, 0.1) is 0 Å². The number of nitrogens with two attached hydrogens (primary N) is 1. The topological polar surface area (TPSA) is 58.7 Å². The van der Waals surface area contributed by atoms with Crippen LogP contribution in [0.3, 0.4) is 0 Å². The largest absolute Gasteiger partial charge is 0.497 e. The molecule has 19 heavy (non-hydrogen) atoms. The third-order valence-corrected chi connectivity index (χ3v) is 3.34. The van der Waals surface area contributed by atoms with Gasteiger partial charge in [-0.1, -0.05) is 12.1 Å². The van der Waals surface area contributed by atoms with Crippen LogP contribution in [0.5, 0.6) is 5.75 Å². The van der Waals surface area contributed by atoms with Crippen LogP contribution in [-0.4, -0.2) is 42.9 Å². The van der Waals surface area contributed by atoms with Gasteiger partial charge >= 0.3 is 0 Å². The van der Waals surface area contributed by atoms with Crippen LogP contribution < -0.4 is 10.5 Å². The molecule has 4 heteroatoms. The lowest BCUT2D eigenvalue weighted by atomic mass is 10.0. The van der Waals surface area contributed by atoms with Gasteiger partial charge in [-0.3, -0.25) is 4.90 Å². The van der Waals surface area contributed by atoms with E-state index >= 15 is 0 Å². The highest BCUT2D eigenvalue weighted by atomic mass is 16.5. The Morgan fingerprint density at radius 3 is 2.63 bits per heavy atom. The number of nitrogens with zero attached hydrogens (tertiary/aromatic N) is 1. The van der Waals surface area contributed by atoms with Crippen molar-refractivity contribution in [1.82, 2.24) is 4.90 Å². The van der Waals surface area contributed by atoms with Crippen molar-refractivity contribution in [2.75, 3.05) is 26.8 Å². The van der Waals surface area contributed by atoms with E-state index in [9.17, 15) is 0 Å². The number of rotatable bonds is 8. The fourth-order valence-corrected chi connectivity index (χ4v) is 2.34. The Balaban J connectivity index is 2.94. The number of ether oxygens (including phenoxy) is 1. The number of hydrogen-bond donors (Lipinski definition) is 2. The number of hydrogen-bond acceptors (Lipinski definition) is 4. The number of methoxy groups -OCH3 is 1. The third-order valence-electron chi connectivity index (χ3n) is 3.34. The van der Waals surface area contributed by atoms with Crippen LogP contribution in [0.2, 0.25) is 0 Å². The maximum absolute atomic E-state index is 9.03. The van der Waals surface area contributed by atoms with Crippen LogP contribution in [0.1, 0.15) is 31.9 Å². The minimum absolute atomic E-state index is 0.154. The van der Waals surface area contributed by atoms with Crippen molar-refractivity contribution in [1.29, 1.82) is 0 Å². The molecule has 0 aliphatic carbocycles. The second kappa shape index (κ2) is 8.15. The summed E-state index contributed by atoms with van der Waals surface area (Å²) < 4.78 is 5.27. The molecule has 0 aliphatic rings. The predicted molar refractivity (Wildman–Crippen MR) is 78.3 cm³/mol. The molecule has 108 valence electrons. The average molecular weight is 266 g/mol. The molecule has 0 spiro atoms. The molecule has 1 atom stereocenters. The summed E-state index contributed by atoms with van der Waals surface area (Å²) in [6, 6.07) is 8.57. The molecule has 4 nitrogen and oxygen atoms in total. The molecule has 0 bridgehead atoms. The summed E-state index contributed by atoms with van der Waals surface area (Å²) in [5, 5.41) is 9.03. The zero-order valence-corrected chi connectivity index (χ0v) is 12.2. The highest BCUT2D eigenvalue weighted by molar-refractivity contribution is 5.30. The summed E-state index contributed by atoms with van der Waals surface area (Å²) in [5.74, 6) is 0.849. The molecule has 0 heterocycles. The first-order chi connectivity index (χ1) is 9.13.